The Kier molecular flexibility index (Phi) is 8.50. The summed E-state index contributed by atoms with van der Waals surface area (Å²) in [6, 6.07) is 10.2. The van der Waals surface area contributed by atoms with E-state index in [-0.39, 0.29) is 16.8 Å². The Morgan fingerprint density at radius 3 is 2.58 bits per heavy atom. The Morgan fingerprint density at radius 2 is 1.91 bits per heavy atom. The van der Waals surface area contributed by atoms with Gasteiger partial charge in [-0.05, 0) is 48.6 Å². The third kappa shape index (κ3) is 6.62. The summed E-state index contributed by atoms with van der Waals surface area (Å²) in [6.07, 6.45) is 1.64. The highest BCUT2D eigenvalue weighted by molar-refractivity contribution is 7.89. The van der Waals surface area contributed by atoms with Gasteiger partial charge < -0.3 is 14.8 Å². The summed E-state index contributed by atoms with van der Waals surface area (Å²) in [4.78, 5) is 16.4. The van der Waals surface area contributed by atoms with Crippen molar-refractivity contribution < 1.29 is 22.7 Å². The molecule has 10 heteroatoms. The van der Waals surface area contributed by atoms with Crippen LogP contribution in [-0.2, 0) is 25.9 Å². The summed E-state index contributed by atoms with van der Waals surface area (Å²) < 4.78 is 38.8. The van der Waals surface area contributed by atoms with Gasteiger partial charge in [0.05, 0.1) is 24.7 Å². The molecule has 2 N–H and O–H groups in total. The van der Waals surface area contributed by atoms with Gasteiger partial charge in [-0.3, -0.25) is 9.69 Å². The number of nitrogens with zero attached hydrogens (tertiary/aromatic N) is 1. The largest absolute Gasteiger partial charge is 0.381 e. The number of rotatable bonds is 10. The third-order valence-corrected chi connectivity index (χ3v) is 8.58. The summed E-state index contributed by atoms with van der Waals surface area (Å²) in [7, 11) is -3.62. The Morgan fingerprint density at radius 1 is 1.12 bits per heavy atom. The number of carbonyl (C=O) groups is 1. The van der Waals surface area contributed by atoms with Gasteiger partial charge in [-0.15, -0.1) is 11.3 Å². The van der Waals surface area contributed by atoms with Crippen molar-refractivity contribution in [3.05, 3.63) is 52.2 Å². The minimum atomic E-state index is -3.62. The number of carbonyl (C=O) groups excluding carboxylic acids is 1. The fraction of sp³-hybridized carbons (Fsp3) is 0.522. The normalized spacial score (nSPS) is 20.5. The van der Waals surface area contributed by atoms with Crippen LogP contribution in [0.4, 0.5) is 0 Å². The zero-order chi connectivity index (χ0) is 23.1. The topological polar surface area (TPSA) is 97.0 Å². The lowest BCUT2D eigenvalue weighted by Gasteiger charge is -2.37. The van der Waals surface area contributed by atoms with E-state index in [4.69, 9.17) is 9.47 Å². The molecule has 3 heterocycles. The van der Waals surface area contributed by atoms with Crippen LogP contribution >= 0.6 is 11.3 Å². The maximum atomic E-state index is 12.8. The van der Waals surface area contributed by atoms with E-state index in [1.165, 1.54) is 12.1 Å². The van der Waals surface area contributed by atoms with Crippen molar-refractivity contribution in [1.82, 2.24) is 14.9 Å². The van der Waals surface area contributed by atoms with Gasteiger partial charge in [0, 0.05) is 55.2 Å². The smallest absolute Gasteiger partial charge is 0.251 e. The molecule has 0 bridgehead atoms. The standard InChI is InChI=1S/C23H31N3O5S2/c27-23(24-16-22(19-8-12-31-17-19)26-10-13-30-14-11-26)18-3-5-21(6-4-18)33(28,29)25-9-7-20-2-1-15-32-20/h1-6,15,19,22,25H,7-14,16-17H2,(H,24,27). The molecule has 2 aliphatic heterocycles. The lowest BCUT2D eigenvalue weighted by molar-refractivity contribution is 0.00166. The summed E-state index contributed by atoms with van der Waals surface area (Å²) in [5.41, 5.74) is 0.441. The second-order valence-corrected chi connectivity index (χ2v) is 11.1. The molecule has 0 saturated carbocycles. The van der Waals surface area contributed by atoms with Crippen molar-refractivity contribution in [3.8, 4) is 0 Å². The average molecular weight is 494 g/mol. The van der Waals surface area contributed by atoms with Crippen LogP contribution in [0, 0.1) is 5.92 Å². The molecule has 0 radical (unpaired) electrons. The van der Waals surface area contributed by atoms with Crippen molar-refractivity contribution in [3.63, 3.8) is 0 Å². The van der Waals surface area contributed by atoms with E-state index in [2.05, 4.69) is 14.9 Å². The summed E-state index contributed by atoms with van der Waals surface area (Å²) >= 11 is 1.60. The molecular formula is C23H31N3O5S2. The number of nitrogens with one attached hydrogen (secondary N) is 2. The van der Waals surface area contributed by atoms with Crippen LogP contribution in [0.5, 0.6) is 0 Å². The molecule has 180 valence electrons. The average Bonchev–Trinajstić information content (AvgIpc) is 3.55. The molecule has 8 nitrogen and oxygen atoms in total. The molecule has 2 fully saturated rings. The van der Waals surface area contributed by atoms with Crippen molar-refractivity contribution in [2.24, 2.45) is 5.92 Å². The monoisotopic (exact) mass is 493 g/mol. The number of thiophene rings is 1. The minimum Gasteiger partial charge on any atom is -0.381 e. The van der Waals surface area contributed by atoms with Crippen molar-refractivity contribution in [1.29, 1.82) is 0 Å². The molecule has 2 aliphatic rings. The lowest BCUT2D eigenvalue weighted by Crippen LogP contribution is -2.52. The van der Waals surface area contributed by atoms with E-state index >= 15 is 0 Å². The van der Waals surface area contributed by atoms with Gasteiger partial charge in [0.2, 0.25) is 10.0 Å². The highest BCUT2D eigenvalue weighted by Crippen LogP contribution is 2.22. The Bertz CT molecular complexity index is 984. The molecular weight excluding hydrogens is 462 g/mol. The van der Waals surface area contributed by atoms with Gasteiger partial charge in [-0.25, -0.2) is 13.1 Å². The van der Waals surface area contributed by atoms with Crippen LogP contribution in [0.3, 0.4) is 0 Å². The molecule has 1 aromatic heterocycles. The van der Waals surface area contributed by atoms with E-state index in [0.717, 1.165) is 31.0 Å². The molecule has 2 saturated heterocycles. The number of morpholine rings is 1. The molecule has 33 heavy (non-hydrogen) atoms. The van der Waals surface area contributed by atoms with Crippen LogP contribution in [-0.4, -0.2) is 77.9 Å². The quantitative estimate of drug-likeness (QED) is 0.523. The van der Waals surface area contributed by atoms with Crippen molar-refractivity contribution >= 4 is 27.3 Å². The highest BCUT2D eigenvalue weighted by Gasteiger charge is 2.31. The number of sulfonamides is 1. The van der Waals surface area contributed by atoms with E-state index in [1.807, 2.05) is 17.5 Å². The van der Waals surface area contributed by atoms with Gasteiger partial charge >= 0.3 is 0 Å². The predicted octanol–water partition coefficient (Wildman–Crippen LogP) is 1.74. The Labute approximate surface area is 199 Å². The van der Waals surface area contributed by atoms with Gasteiger partial charge in [-0.1, -0.05) is 6.07 Å². The third-order valence-electron chi connectivity index (χ3n) is 6.17. The minimum absolute atomic E-state index is 0.152. The molecule has 1 aromatic carbocycles. The fourth-order valence-corrected chi connectivity index (χ4v) is 6.03. The second-order valence-electron chi connectivity index (χ2n) is 8.30. The van der Waals surface area contributed by atoms with Gasteiger partial charge in [0.25, 0.3) is 5.91 Å². The molecule has 2 atom stereocenters. The summed E-state index contributed by atoms with van der Waals surface area (Å²) in [5.74, 6) is 0.179. The van der Waals surface area contributed by atoms with E-state index < -0.39 is 10.0 Å². The molecule has 2 aromatic rings. The molecule has 4 rings (SSSR count). The fourth-order valence-electron chi connectivity index (χ4n) is 4.29. The SMILES string of the molecule is O=C(NCC(C1CCOC1)N1CCOCC1)c1ccc(S(=O)(=O)NCCc2cccs2)cc1. The number of hydrogen-bond donors (Lipinski definition) is 2. The zero-order valence-corrected chi connectivity index (χ0v) is 20.2. The second kappa shape index (κ2) is 11.5. The molecule has 2 unspecified atom stereocenters. The first-order valence-electron chi connectivity index (χ1n) is 11.3. The number of benzene rings is 1. The molecule has 0 aliphatic carbocycles. The van der Waals surface area contributed by atoms with Crippen LogP contribution < -0.4 is 10.0 Å². The first-order chi connectivity index (χ1) is 16.0. The van der Waals surface area contributed by atoms with E-state index in [0.29, 0.717) is 50.8 Å². The predicted molar refractivity (Wildman–Crippen MR) is 127 cm³/mol. The van der Waals surface area contributed by atoms with Crippen LogP contribution in [0.2, 0.25) is 0 Å². The van der Waals surface area contributed by atoms with Gasteiger partial charge in [-0.2, -0.15) is 0 Å². The van der Waals surface area contributed by atoms with Crippen LogP contribution in [0.25, 0.3) is 0 Å². The number of hydrogen-bond acceptors (Lipinski definition) is 7. The van der Waals surface area contributed by atoms with Crippen LogP contribution in [0.15, 0.2) is 46.7 Å². The van der Waals surface area contributed by atoms with Crippen molar-refractivity contribution in [2.45, 2.75) is 23.8 Å². The zero-order valence-electron chi connectivity index (χ0n) is 18.6. The maximum Gasteiger partial charge on any atom is 0.251 e. The first kappa shape index (κ1) is 24.3. The van der Waals surface area contributed by atoms with E-state index in [1.54, 1.807) is 23.5 Å². The number of amides is 1. The molecule has 1 amide bonds. The summed E-state index contributed by atoms with van der Waals surface area (Å²) in [5, 5.41) is 5.01. The van der Waals surface area contributed by atoms with Gasteiger partial charge in [0.1, 0.15) is 0 Å². The first-order valence-corrected chi connectivity index (χ1v) is 13.7. The maximum absolute atomic E-state index is 12.8. The van der Waals surface area contributed by atoms with Crippen molar-refractivity contribution in [2.75, 3.05) is 52.6 Å². The number of ether oxygens (including phenoxy) is 2. The Balaban J connectivity index is 1.32. The van der Waals surface area contributed by atoms with Gasteiger partial charge in [0.15, 0.2) is 0 Å². The van der Waals surface area contributed by atoms with Crippen LogP contribution in [0.1, 0.15) is 21.7 Å². The lowest BCUT2D eigenvalue weighted by atomic mass is 9.96. The van der Waals surface area contributed by atoms with E-state index in [9.17, 15) is 13.2 Å². The summed E-state index contributed by atoms with van der Waals surface area (Å²) in [6.45, 7) is 5.44. The Hall–Kier alpha value is -1.82. The molecule has 0 spiro atoms. The highest BCUT2D eigenvalue weighted by atomic mass is 32.2.